The molecule has 0 heterocycles. The lowest BCUT2D eigenvalue weighted by Gasteiger charge is -2.37. The van der Waals surface area contributed by atoms with E-state index in [0.29, 0.717) is 11.3 Å². The standard InChI is InChI=1S/C15H23N3O3/c1-9-7-10(2)12(18(20)21)8-11(9)17-13(19)14(3,4)15(5,6)16/h7-8H,16H2,1-6H3,(H,17,19). The van der Waals surface area contributed by atoms with Gasteiger partial charge in [-0.2, -0.15) is 0 Å². The Balaban J connectivity index is 3.17. The third-order valence-corrected chi connectivity index (χ3v) is 4.17. The Hall–Kier alpha value is -1.95. The van der Waals surface area contributed by atoms with Crippen LogP contribution in [0.5, 0.6) is 0 Å². The number of carbonyl (C=O) groups is 1. The first-order chi connectivity index (χ1) is 9.37. The average Bonchev–Trinajstić information content (AvgIpc) is 2.30. The topological polar surface area (TPSA) is 98.3 Å². The monoisotopic (exact) mass is 293 g/mol. The molecule has 6 nitrogen and oxygen atoms in total. The molecule has 1 aromatic carbocycles. The number of benzene rings is 1. The summed E-state index contributed by atoms with van der Waals surface area (Å²) < 4.78 is 0. The van der Waals surface area contributed by atoms with E-state index in [1.54, 1.807) is 47.6 Å². The van der Waals surface area contributed by atoms with E-state index < -0.39 is 15.9 Å². The Morgan fingerprint density at radius 1 is 1.19 bits per heavy atom. The fourth-order valence-electron chi connectivity index (χ4n) is 1.74. The number of amides is 1. The molecule has 1 amide bonds. The zero-order valence-electron chi connectivity index (χ0n) is 13.4. The van der Waals surface area contributed by atoms with E-state index in [-0.39, 0.29) is 11.6 Å². The third-order valence-electron chi connectivity index (χ3n) is 4.17. The van der Waals surface area contributed by atoms with Gasteiger partial charge in [-0.3, -0.25) is 14.9 Å². The molecule has 0 spiro atoms. The minimum Gasteiger partial charge on any atom is -0.325 e. The summed E-state index contributed by atoms with van der Waals surface area (Å²) in [7, 11) is 0. The first-order valence-corrected chi connectivity index (χ1v) is 6.74. The quantitative estimate of drug-likeness (QED) is 0.658. The highest BCUT2D eigenvalue weighted by molar-refractivity contribution is 5.96. The minimum atomic E-state index is -0.820. The molecule has 0 fully saturated rings. The summed E-state index contributed by atoms with van der Waals surface area (Å²) >= 11 is 0. The van der Waals surface area contributed by atoms with Crippen LogP contribution in [0.15, 0.2) is 12.1 Å². The molecule has 0 atom stereocenters. The van der Waals surface area contributed by atoms with Crippen molar-refractivity contribution in [3.63, 3.8) is 0 Å². The van der Waals surface area contributed by atoms with E-state index in [4.69, 9.17) is 5.73 Å². The molecule has 0 aliphatic rings. The van der Waals surface area contributed by atoms with Crippen LogP contribution in [0, 0.1) is 29.4 Å². The number of nitrogens with two attached hydrogens (primary N) is 1. The predicted octanol–water partition coefficient (Wildman–Crippen LogP) is 2.91. The normalized spacial score (nSPS) is 12.1. The van der Waals surface area contributed by atoms with Gasteiger partial charge in [-0.15, -0.1) is 0 Å². The molecule has 0 saturated carbocycles. The summed E-state index contributed by atoms with van der Waals surface area (Å²) in [6.07, 6.45) is 0. The largest absolute Gasteiger partial charge is 0.325 e. The molecule has 1 rings (SSSR count). The molecule has 0 aliphatic heterocycles. The van der Waals surface area contributed by atoms with Crippen LogP contribution in [-0.4, -0.2) is 16.4 Å². The molecule has 0 aromatic heterocycles. The van der Waals surface area contributed by atoms with Crippen LogP contribution in [0.1, 0.15) is 38.8 Å². The average molecular weight is 293 g/mol. The fraction of sp³-hybridized carbons (Fsp3) is 0.533. The number of aryl methyl sites for hydroxylation is 2. The van der Waals surface area contributed by atoms with Crippen molar-refractivity contribution in [1.82, 2.24) is 0 Å². The number of hydrogen-bond donors (Lipinski definition) is 2. The molecular formula is C15H23N3O3. The number of carbonyl (C=O) groups excluding carboxylic acids is 1. The number of nitrogens with one attached hydrogen (secondary N) is 1. The van der Waals surface area contributed by atoms with Crippen LogP contribution in [0.3, 0.4) is 0 Å². The number of hydrogen-bond acceptors (Lipinski definition) is 4. The molecule has 0 unspecified atom stereocenters. The lowest BCUT2D eigenvalue weighted by atomic mass is 9.74. The minimum absolute atomic E-state index is 0.0132. The molecular weight excluding hydrogens is 270 g/mol. The summed E-state index contributed by atoms with van der Waals surface area (Å²) in [5.41, 5.74) is 6.26. The summed E-state index contributed by atoms with van der Waals surface area (Å²) in [6.45, 7) is 10.5. The van der Waals surface area contributed by atoms with Crippen molar-refractivity contribution in [2.24, 2.45) is 11.1 Å². The second kappa shape index (κ2) is 5.44. The molecule has 0 radical (unpaired) electrons. The Morgan fingerprint density at radius 3 is 2.14 bits per heavy atom. The van der Waals surface area contributed by atoms with Crippen molar-refractivity contribution in [3.05, 3.63) is 33.4 Å². The molecule has 0 saturated heterocycles. The summed E-state index contributed by atoms with van der Waals surface area (Å²) in [4.78, 5) is 23.0. The van der Waals surface area contributed by atoms with E-state index in [2.05, 4.69) is 5.32 Å². The van der Waals surface area contributed by atoms with Gasteiger partial charge >= 0.3 is 0 Å². The molecule has 6 heteroatoms. The number of rotatable bonds is 4. The summed E-state index contributed by atoms with van der Waals surface area (Å²) in [6, 6.07) is 3.08. The SMILES string of the molecule is Cc1cc(C)c([N+](=O)[O-])cc1NC(=O)C(C)(C)C(C)(C)N. The van der Waals surface area contributed by atoms with Crippen LogP contribution in [0.4, 0.5) is 11.4 Å². The maximum absolute atomic E-state index is 12.4. The second-order valence-electron chi connectivity index (χ2n) is 6.51. The van der Waals surface area contributed by atoms with Crippen LogP contribution < -0.4 is 11.1 Å². The first kappa shape index (κ1) is 17.1. The van der Waals surface area contributed by atoms with Crippen molar-refractivity contribution in [1.29, 1.82) is 0 Å². The van der Waals surface area contributed by atoms with Crippen molar-refractivity contribution in [2.75, 3.05) is 5.32 Å². The predicted molar refractivity (Wildman–Crippen MR) is 83.2 cm³/mol. The van der Waals surface area contributed by atoms with Gasteiger partial charge in [-0.05, 0) is 53.2 Å². The number of nitrogens with zero attached hydrogens (tertiary/aromatic N) is 1. The molecule has 1 aromatic rings. The van der Waals surface area contributed by atoms with Crippen LogP contribution in [-0.2, 0) is 4.79 Å². The van der Waals surface area contributed by atoms with Crippen LogP contribution >= 0.6 is 0 Å². The fourth-order valence-corrected chi connectivity index (χ4v) is 1.74. The molecule has 3 N–H and O–H groups in total. The van der Waals surface area contributed by atoms with E-state index in [9.17, 15) is 14.9 Å². The number of nitro benzene ring substituents is 1. The Labute approximate surface area is 124 Å². The lowest BCUT2D eigenvalue weighted by Crippen LogP contribution is -2.53. The Bertz CT molecular complexity index is 587. The van der Waals surface area contributed by atoms with E-state index >= 15 is 0 Å². The smallest absolute Gasteiger partial charge is 0.274 e. The van der Waals surface area contributed by atoms with Gasteiger partial charge in [0.05, 0.1) is 16.0 Å². The Morgan fingerprint density at radius 2 is 1.71 bits per heavy atom. The second-order valence-corrected chi connectivity index (χ2v) is 6.51. The van der Waals surface area contributed by atoms with Gasteiger partial charge in [-0.1, -0.05) is 0 Å². The van der Waals surface area contributed by atoms with Crippen molar-refractivity contribution >= 4 is 17.3 Å². The van der Waals surface area contributed by atoms with Gasteiger partial charge in [-0.25, -0.2) is 0 Å². The maximum Gasteiger partial charge on any atom is 0.274 e. The zero-order valence-corrected chi connectivity index (χ0v) is 13.4. The number of anilines is 1. The van der Waals surface area contributed by atoms with Crippen LogP contribution in [0.2, 0.25) is 0 Å². The van der Waals surface area contributed by atoms with Crippen molar-refractivity contribution in [3.8, 4) is 0 Å². The number of nitro groups is 1. The highest BCUT2D eigenvalue weighted by Gasteiger charge is 2.40. The van der Waals surface area contributed by atoms with Gasteiger partial charge in [0.15, 0.2) is 0 Å². The molecule has 0 aliphatic carbocycles. The van der Waals surface area contributed by atoms with Crippen molar-refractivity contribution in [2.45, 2.75) is 47.1 Å². The highest BCUT2D eigenvalue weighted by Crippen LogP contribution is 2.32. The summed E-state index contributed by atoms with van der Waals surface area (Å²) in [5, 5.41) is 13.8. The zero-order chi connectivity index (χ0) is 16.6. The molecule has 0 bridgehead atoms. The highest BCUT2D eigenvalue weighted by atomic mass is 16.6. The van der Waals surface area contributed by atoms with E-state index in [1.807, 2.05) is 0 Å². The maximum atomic E-state index is 12.4. The van der Waals surface area contributed by atoms with Gasteiger partial charge in [0.1, 0.15) is 0 Å². The lowest BCUT2D eigenvalue weighted by molar-refractivity contribution is -0.385. The van der Waals surface area contributed by atoms with E-state index in [0.717, 1.165) is 5.56 Å². The van der Waals surface area contributed by atoms with Crippen LogP contribution in [0.25, 0.3) is 0 Å². The third kappa shape index (κ3) is 3.39. The Kier molecular flexibility index (Phi) is 4.43. The van der Waals surface area contributed by atoms with Crippen molar-refractivity contribution < 1.29 is 9.72 Å². The molecule has 116 valence electrons. The van der Waals surface area contributed by atoms with Gasteiger partial charge in [0.2, 0.25) is 5.91 Å². The van der Waals surface area contributed by atoms with Gasteiger partial charge in [0.25, 0.3) is 5.69 Å². The van der Waals surface area contributed by atoms with Gasteiger partial charge in [0, 0.05) is 17.2 Å². The summed E-state index contributed by atoms with van der Waals surface area (Å²) in [5.74, 6) is -0.267. The molecule has 21 heavy (non-hydrogen) atoms. The van der Waals surface area contributed by atoms with E-state index in [1.165, 1.54) is 6.07 Å². The first-order valence-electron chi connectivity index (χ1n) is 6.74. The van der Waals surface area contributed by atoms with Gasteiger partial charge < -0.3 is 11.1 Å².